The summed E-state index contributed by atoms with van der Waals surface area (Å²) in [6.45, 7) is 6.77. The molecular weight excluding hydrogens is 178 g/mol. The van der Waals surface area contributed by atoms with Gasteiger partial charge in [-0.15, -0.1) is 0 Å². The standard InChI is InChI=1S/C11H25NO2/c1-4-6-9(3)12-8-11(14)7-10(13)5-2/h9-14H,4-8H2,1-3H3. The summed E-state index contributed by atoms with van der Waals surface area (Å²) >= 11 is 0. The van der Waals surface area contributed by atoms with Gasteiger partial charge in [-0.05, 0) is 19.8 Å². The summed E-state index contributed by atoms with van der Waals surface area (Å²) in [5.74, 6) is 0. The topological polar surface area (TPSA) is 52.5 Å². The molecule has 0 aromatic heterocycles. The van der Waals surface area contributed by atoms with Gasteiger partial charge < -0.3 is 15.5 Å². The second kappa shape index (κ2) is 8.21. The van der Waals surface area contributed by atoms with E-state index in [0.29, 0.717) is 25.4 Å². The van der Waals surface area contributed by atoms with Crippen molar-refractivity contribution in [3.63, 3.8) is 0 Å². The van der Waals surface area contributed by atoms with Crippen molar-refractivity contribution in [3.05, 3.63) is 0 Å². The summed E-state index contributed by atoms with van der Waals surface area (Å²) in [4.78, 5) is 0. The zero-order chi connectivity index (χ0) is 11.0. The van der Waals surface area contributed by atoms with Crippen LogP contribution < -0.4 is 5.32 Å². The van der Waals surface area contributed by atoms with Crippen LogP contribution in [0.25, 0.3) is 0 Å². The molecule has 3 nitrogen and oxygen atoms in total. The van der Waals surface area contributed by atoms with Gasteiger partial charge in [-0.25, -0.2) is 0 Å². The van der Waals surface area contributed by atoms with Gasteiger partial charge in [0, 0.05) is 19.0 Å². The molecule has 3 N–H and O–H groups in total. The van der Waals surface area contributed by atoms with Gasteiger partial charge in [0.15, 0.2) is 0 Å². The minimum Gasteiger partial charge on any atom is -0.393 e. The highest BCUT2D eigenvalue weighted by Gasteiger charge is 2.10. The molecule has 0 aliphatic heterocycles. The van der Waals surface area contributed by atoms with Crippen LogP contribution in [0.1, 0.15) is 46.5 Å². The number of hydrogen-bond acceptors (Lipinski definition) is 3. The van der Waals surface area contributed by atoms with Crippen LogP contribution in [0.2, 0.25) is 0 Å². The van der Waals surface area contributed by atoms with Crippen LogP contribution >= 0.6 is 0 Å². The molecule has 0 amide bonds. The van der Waals surface area contributed by atoms with E-state index in [1.54, 1.807) is 0 Å². The fraction of sp³-hybridized carbons (Fsp3) is 1.00. The Morgan fingerprint density at radius 1 is 1.14 bits per heavy atom. The predicted octanol–water partition coefficient (Wildman–Crippen LogP) is 1.29. The molecule has 0 saturated carbocycles. The normalized spacial score (nSPS) is 17.8. The van der Waals surface area contributed by atoms with E-state index >= 15 is 0 Å². The van der Waals surface area contributed by atoms with Crippen molar-refractivity contribution in [2.24, 2.45) is 0 Å². The maximum Gasteiger partial charge on any atom is 0.0689 e. The lowest BCUT2D eigenvalue weighted by atomic mass is 10.1. The zero-order valence-electron chi connectivity index (χ0n) is 9.66. The highest BCUT2D eigenvalue weighted by molar-refractivity contribution is 4.67. The molecule has 0 saturated heterocycles. The van der Waals surface area contributed by atoms with Crippen LogP contribution in [0, 0.1) is 0 Å². The first-order valence-electron chi connectivity index (χ1n) is 5.69. The van der Waals surface area contributed by atoms with Crippen LogP contribution in [0.15, 0.2) is 0 Å². The van der Waals surface area contributed by atoms with E-state index in [4.69, 9.17) is 0 Å². The molecule has 0 aliphatic rings. The van der Waals surface area contributed by atoms with Crippen LogP contribution in [-0.2, 0) is 0 Å². The molecule has 0 rings (SSSR count). The summed E-state index contributed by atoms with van der Waals surface area (Å²) < 4.78 is 0. The van der Waals surface area contributed by atoms with Crippen molar-refractivity contribution in [1.82, 2.24) is 5.32 Å². The maximum absolute atomic E-state index is 9.55. The van der Waals surface area contributed by atoms with Gasteiger partial charge in [0.25, 0.3) is 0 Å². The second-order valence-corrected chi connectivity index (χ2v) is 4.05. The van der Waals surface area contributed by atoms with Gasteiger partial charge in [-0.1, -0.05) is 20.3 Å². The third-order valence-electron chi connectivity index (χ3n) is 2.44. The molecule has 14 heavy (non-hydrogen) atoms. The predicted molar refractivity (Wildman–Crippen MR) is 59.3 cm³/mol. The highest BCUT2D eigenvalue weighted by atomic mass is 16.3. The lowest BCUT2D eigenvalue weighted by molar-refractivity contribution is 0.0766. The maximum atomic E-state index is 9.55. The third kappa shape index (κ3) is 7.30. The first kappa shape index (κ1) is 13.9. The van der Waals surface area contributed by atoms with Crippen LogP contribution in [-0.4, -0.2) is 35.0 Å². The Hall–Kier alpha value is -0.120. The van der Waals surface area contributed by atoms with E-state index in [-0.39, 0.29) is 6.10 Å². The molecular formula is C11H25NO2. The van der Waals surface area contributed by atoms with Gasteiger partial charge in [0.2, 0.25) is 0 Å². The first-order chi connectivity index (χ1) is 6.60. The number of nitrogens with one attached hydrogen (secondary N) is 1. The fourth-order valence-electron chi connectivity index (χ4n) is 1.44. The average Bonchev–Trinajstić information content (AvgIpc) is 2.15. The smallest absolute Gasteiger partial charge is 0.0689 e. The molecule has 3 atom stereocenters. The molecule has 0 spiro atoms. The number of aliphatic hydroxyl groups is 2. The fourth-order valence-corrected chi connectivity index (χ4v) is 1.44. The van der Waals surface area contributed by atoms with Crippen molar-refractivity contribution in [2.75, 3.05) is 6.54 Å². The Bertz CT molecular complexity index is 130. The van der Waals surface area contributed by atoms with E-state index in [0.717, 1.165) is 12.8 Å². The van der Waals surface area contributed by atoms with Gasteiger partial charge in [-0.3, -0.25) is 0 Å². The van der Waals surface area contributed by atoms with E-state index in [1.165, 1.54) is 0 Å². The van der Waals surface area contributed by atoms with Crippen molar-refractivity contribution in [3.8, 4) is 0 Å². The molecule has 0 aromatic carbocycles. The number of aliphatic hydroxyl groups excluding tert-OH is 2. The minimum absolute atomic E-state index is 0.367. The number of rotatable bonds is 8. The molecule has 86 valence electrons. The summed E-state index contributed by atoms with van der Waals surface area (Å²) in [6, 6.07) is 0.452. The number of hydrogen-bond donors (Lipinski definition) is 3. The van der Waals surface area contributed by atoms with E-state index < -0.39 is 6.10 Å². The summed E-state index contributed by atoms with van der Waals surface area (Å²) in [5, 5.41) is 22.1. The van der Waals surface area contributed by atoms with Gasteiger partial charge in [0.05, 0.1) is 12.2 Å². The average molecular weight is 203 g/mol. The summed E-state index contributed by atoms with van der Waals surface area (Å²) in [7, 11) is 0. The van der Waals surface area contributed by atoms with E-state index in [9.17, 15) is 10.2 Å². The molecule has 0 radical (unpaired) electrons. The molecule has 0 bridgehead atoms. The minimum atomic E-state index is -0.427. The second-order valence-electron chi connectivity index (χ2n) is 4.05. The molecule has 0 fully saturated rings. The summed E-state index contributed by atoms with van der Waals surface area (Å²) in [6.07, 6.45) is 2.67. The van der Waals surface area contributed by atoms with Gasteiger partial charge in [-0.2, -0.15) is 0 Å². The Labute approximate surface area is 87.5 Å². The lowest BCUT2D eigenvalue weighted by Crippen LogP contribution is -2.35. The molecule has 0 aliphatic carbocycles. The molecule has 0 heterocycles. The lowest BCUT2D eigenvalue weighted by Gasteiger charge is -2.18. The van der Waals surface area contributed by atoms with Crippen molar-refractivity contribution in [2.45, 2.75) is 64.7 Å². The first-order valence-corrected chi connectivity index (χ1v) is 5.69. The third-order valence-corrected chi connectivity index (χ3v) is 2.44. The van der Waals surface area contributed by atoms with E-state index in [2.05, 4.69) is 19.2 Å². The van der Waals surface area contributed by atoms with Crippen LogP contribution in [0.5, 0.6) is 0 Å². The van der Waals surface area contributed by atoms with Crippen molar-refractivity contribution >= 4 is 0 Å². The Kier molecular flexibility index (Phi) is 8.14. The van der Waals surface area contributed by atoms with Crippen molar-refractivity contribution in [1.29, 1.82) is 0 Å². The Morgan fingerprint density at radius 2 is 1.79 bits per heavy atom. The van der Waals surface area contributed by atoms with Gasteiger partial charge in [0.1, 0.15) is 0 Å². The molecule has 3 heteroatoms. The van der Waals surface area contributed by atoms with Crippen LogP contribution in [0.4, 0.5) is 0 Å². The Balaban J connectivity index is 3.47. The zero-order valence-corrected chi connectivity index (χ0v) is 9.66. The highest BCUT2D eigenvalue weighted by Crippen LogP contribution is 2.02. The monoisotopic (exact) mass is 203 g/mol. The van der Waals surface area contributed by atoms with Crippen LogP contribution in [0.3, 0.4) is 0 Å². The quantitative estimate of drug-likeness (QED) is 0.557. The Morgan fingerprint density at radius 3 is 2.29 bits per heavy atom. The van der Waals surface area contributed by atoms with Crippen molar-refractivity contribution < 1.29 is 10.2 Å². The largest absolute Gasteiger partial charge is 0.393 e. The summed E-state index contributed by atoms with van der Waals surface area (Å²) in [5.41, 5.74) is 0. The molecule has 0 aromatic rings. The van der Waals surface area contributed by atoms with Gasteiger partial charge >= 0.3 is 0 Å². The SMILES string of the molecule is CCCC(C)NCC(O)CC(O)CC. The molecule has 3 unspecified atom stereocenters. The van der Waals surface area contributed by atoms with E-state index in [1.807, 2.05) is 6.92 Å².